The molecule has 30 heavy (non-hydrogen) atoms. The number of carbonyl (C=O) groups excluding carboxylic acids is 1. The van der Waals surface area contributed by atoms with Gasteiger partial charge in [0, 0.05) is 22.7 Å². The zero-order valence-electron chi connectivity index (χ0n) is 16.2. The summed E-state index contributed by atoms with van der Waals surface area (Å²) in [5.41, 5.74) is 1.15. The quantitative estimate of drug-likeness (QED) is 0.499. The maximum atomic E-state index is 12.8. The first-order valence-corrected chi connectivity index (χ1v) is 9.61. The smallest absolute Gasteiger partial charge is 0.256 e. The van der Waals surface area contributed by atoms with Gasteiger partial charge in [-0.1, -0.05) is 31.5 Å². The molecule has 0 aliphatic rings. The van der Waals surface area contributed by atoms with Gasteiger partial charge in [-0.2, -0.15) is 9.78 Å². The molecule has 0 fully saturated rings. The van der Waals surface area contributed by atoms with Gasteiger partial charge < -0.3 is 9.73 Å². The molecule has 0 saturated carbocycles. The average Bonchev–Trinajstić information content (AvgIpc) is 3.37. The molecule has 1 aromatic carbocycles. The molecule has 0 atom stereocenters. The molecule has 0 aliphatic carbocycles. The second kappa shape index (κ2) is 8.00. The number of aromatic amines is 1. The highest BCUT2D eigenvalue weighted by molar-refractivity contribution is 6.31. The minimum atomic E-state index is -0.382. The first kappa shape index (κ1) is 19.7. The Balaban J connectivity index is 1.80. The summed E-state index contributed by atoms with van der Waals surface area (Å²) < 4.78 is 6.79. The fourth-order valence-electron chi connectivity index (χ4n) is 2.85. The van der Waals surface area contributed by atoms with Crippen LogP contribution in [-0.2, 0) is 0 Å². The van der Waals surface area contributed by atoms with Gasteiger partial charge in [-0.15, -0.1) is 0 Å². The summed E-state index contributed by atoms with van der Waals surface area (Å²) in [5.74, 6) is 0.665. The van der Waals surface area contributed by atoms with Crippen LogP contribution in [0.15, 0.2) is 64.0 Å². The first-order chi connectivity index (χ1) is 14.4. The van der Waals surface area contributed by atoms with E-state index in [1.807, 2.05) is 13.8 Å². The summed E-state index contributed by atoms with van der Waals surface area (Å²) in [7, 11) is 0. The molecule has 152 valence electrons. The van der Waals surface area contributed by atoms with Crippen molar-refractivity contribution in [3.05, 3.63) is 81.4 Å². The summed E-state index contributed by atoms with van der Waals surface area (Å²) in [6.45, 7) is 3.87. The molecule has 0 spiro atoms. The van der Waals surface area contributed by atoms with Crippen LogP contribution in [-0.4, -0.2) is 25.7 Å². The third-order valence-electron chi connectivity index (χ3n) is 4.35. The highest BCUT2D eigenvalue weighted by atomic mass is 35.5. The molecule has 0 radical (unpaired) electrons. The summed E-state index contributed by atoms with van der Waals surface area (Å²) in [4.78, 5) is 32.1. The molecule has 0 saturated heterocycles. The first-order valence-electron chi connectivity index (χ1n) is 9.23. The number of aromatic nitrogens is 4. The van der Waals surface area contributed by atoms with E-state index in [4.69, 9.17) is 16.0 Å². The number of carbonyl (C=O) groups is 1. The third kappa shape index (κ3) is 4.04. The van der Waals surface area contributed by atoms with E-state index in [0.717, 1.165) is 0 Å². The lowest BCUT2D eigenvalue weighted by Gasteiger charge is -2.10. The fraction of sp³-hybridized carbons (Fsp3) is 0.143. The van der Waals surface area contributed by atoms with Gasteiger partial charge in [0.1, 0.15) is 11.5 Å². The van der Waals surface area contributed by atoms with E-state index >= 15 is 0 Å². The van der Waals surface area contributed by atoms with Crippen molar-refractivity contribution < 1.29 is 9.21 Å². The van der Waals surface area contributed by atoms with E-state index in [1.54, 1.807) is 42.5 Å². The lowest BCUT2D eigenvalue weighted by molar-refractivity contribution is 0.102. The normalized spacial score (nSPS) is 11.1. The average molecular weight is 424 g/mol. The van der Waals surface area contributed by atoms with Gasteiger partial charge in [0.15, 0.2) is 5.76 Å². The Labute approximate surface area is 176 Å². The van der Waals surface area contributed by atoms with E-state index in [-0.39, 0.29) is 23.3 Å². The molecule has 4 rings (SSSR count). The molecule has 0 bridgehead atoms. The van der Waals surface area contributed by atoms with Gasteiger partial charge in [-0.25, -0.2) is 4.98 Å². The van der Waals surface area contributed by atoms with E-state index in [0.29, 0.717) is 33.6 Å². The van der Waals surface area contributed by atoms with Crippen molar-refractivity contribution in [1.29, 1.82) is 0 Å². The number of benzene rings is 1. The van der Waals surface area contributed by atoms with Crippen molar-refractivity contribution in [2.75, 3.05) is 5.32 Å². The largest absolute Gasteiger partial charge is 0.463 e. The molecule has 3 aromatic heterocycles. The van der Waals surface area contributed by atoms with Gasteiger partial charge in [0.05, 0.1) is 12.0 Å². The minimum Gasteiger partial charge on any atom is -0.463 e. The zero-order valence-corrected chi connectivity index (χ0v) is 17.0. The van der Waals surface area contributed by atoms with Crippen LogP contribution in [0.4, 0.5) is 5.82 Å². The third-order valence-corrected chi connectivity index (χ3v) is 4.59. The maximum Gasteiger partial charge on any atom is 0.256 e. The van der Waals surface area contributed by atoms with E-state index in [1.165, 1.54) is 17.0 Å². The topological polar surface area (TPSA) is 106 Å². The molecule has 0 aliphatic heterocycles. The zero-order chi connectivity index (χ0) is 21.3. The van der Waals surface area contributed by atoms with Crippen molar-refractivity contribution in [2.24, 2.45) is 0 Å². The van der Waals surface area contributed by atoms with Crippen molar-refractivity contribution in [3.8, 4) is 17.4 Å². The van der Waals surface area contributed by atoms with Crippen LogP contribution in [0, 0.1) is 0 Å². The van der Waals surface area contributed by atoms with E-state index in [2.05, 4.69) is 20.4 Å². The monoisotopic (exact) mass is 423 g/mol. The molecule has 4 aromatic rings. The highest BCUT2D eigenvalue weighted by Crippen LogP contribution is 2.25. The summed E-state index contributed by atoms with van der Waals surface area (Å²) in [5, 5.41) is 7.73. The molecular formula is C21H18ClN5O3. The molecule has 3 heterocycles. The molecule has 9 heteroatoms. The van der Waals surface area contributed by atoms with Crippen LogP contribution < -0.4 is 10.9 Å². The van der Waals surface area contributed by atoms with Crippen LogP contribution in [0.3, 0.4) is 0 Å². The Hall–Kier alpha value is -3.65. The predicted molar refractivity (Wildman–Crippen MR) is 113 cm³/mol. The van der Waals surface area contributed by atoms with Crippen LogP contribution in [0.1, 0.15) is 35.8 Å². The Morgan fingerprint density at radius 1 is 1.20 bits per heavy atom. The standard InChI is InChI=1S/C21H18ClN5O3/c1-12(2)15-11-19(28)25-21(23-15)27-18(10-16(26-27)17-7-4-8-30-17)24-20(29)13-5-3-6-14(22)9-13/h3-12H,1-2H3,(H,24,29)(H,23,25,28). The number of hydrogen-bond acceptors (Lipinski definition) is 5. The Morgan fingerprint density at radius 3 is 2.73 bits per heavy atom. The van der Waals surface area contributed by atoms with E-state index < -0.39 is 0 Å². The molecule has 0 unspecified atom stereocenters. The SMILES string of the molecule is CC(C)c1cc(=O)[nH]c(-n2nc(-c3ccco3)cc2NC(=O)c2cccc(Cl)c2)n1. The Bertz CT molecular complexity index is 1260. The minimum absolute atomic E-state index is 0.0376. The Morgan fingerprint density at radius 2 is 2.03 bits per heavy atom. The highest BCUT2D eigenvalue weighted by Gasteiger charge is 2.18. The number of furan rings is 1. The van der Waals surface area contributed by atoms with Gasteiger partial charge in [-0.3, -0.25) is 14.6 Å². The number of halogens is 1. The number of nitrogens with zero attached hydrogens (tertiary/aromatic N) is 3. The summed E-state index contributed by atoms with van der Waals surface area (Å²) in [6, 6.07) is 13.1. The second-order valence-electron chi connectivity index (χ2n) is 6.92. The Kier molecular flexibility index (Phi) is 5.24. The van der Waals surface area contributed by atoms with Crippen molar-refractivity contribution in [1.82, 2.24) is 19.7 Å². The molecule has 2 N–H and O–H groups in total. The number of nitrogens with one attached hydrogen (secondary N) is 2. The van der Waals surface area contributed by atoms with Crippen molar-refractivity contribution in [3.63, 3.8) is 0 Å². The fourth-order valence-corrected chi connectivity index (χ4v) is 3.04. The summed E-state index contributed by atoms with van der Waals surface area (Å²) >= 11 is 6.00. The lowest BCUT2D eigenvalue weighted by Crippen LogP contribution is -2.19. The van der Waals surface area contributed by atoms with Crippen molar-refractivity contribution in [2.45, 2.75) is 19.8 Å². The number of hydrogen-bond donors (Lipinski definition) is 2. The number of rotatable bonds is 5. The molecule has 1 amide bonds. The molecular weight excluding hydrogens is 406 g/mol. The van der Waals surface area contributed by atoms with Crippen molar-refractivity contribution >= 4 is 23.3 Å². The number of H-pyrrole nitrogens is 1. The van der Waals surface area contributed by atoms with Crippen LogP contribution >= 0.6 is 11.6 Å². The lowest BCUT2D eigenvalue weighted by atomic mass is 10.1. The van der Waals surface area contributed by atoms with Crippen LogP contribution in [0.2, 0.25) is 5.02 Å². The number of amides is 1. The van der Waals surface area contributed by atoms with Gasteiger partial charge >= 0.3 is 0 Å². The second-order valence-corrected chi connectivity index (χ2v) is 7.35. The predicted octanol–water partition coefficient (Wildman–Crippen LogP) is 4.24. The number of anilines is 1. The van der Waals surface area contributed by atoms with Gasteiger partial charge in [0.25, 0.3) is 11.5 Å². The molecule has 8 nitrogen and oxygen atoms in total. The summed E-state index contributed by atoms with van der Waals surface area (Å²) in [6.07, 6.45) is 1.53. The van der Waals surface area contributed by atoms with E-state index in [9.17, 15) is 9.59 Å². The van der Waals surface area contributed by atoms with Crippen LogP contribution in [0.25, 0.3) is 17.4 Å². The van der Waals surface area contributed by atoms with Crippen LogP contribution in [0.5, 0.6) is 0 Å². The maximum absolute atomic E-state index is 12.8. The van der Waals surface area contributed by atoms with Gasteiger partial charge in [-0.05, 0) is 36.2 Å². The van der Waals surface area contributed by atoms with Gasteiger partial charge in [0.2, 0.25) is 5.95 Å².